The number of hydrogen-bond acceptors (Lipinski definition) is 2. The van der Waals surface area contributed by atoms with Crippen molar-refractivity contribution in [3.8, 4) is 0 Å². The van der Waals surface area contributed by atoms with E-state index in [9.17, 15) is 9.59 Å². The third-order valence-corrected chi connectivity index (χ3v) is 4.34. The lowest BCUT2D eigenvalue weighted by Crippen LogP contribution is -2.39. The largest absolute Gasteiger partial charge is 0.481 e. The van der Waals surface area contributed by atoms with Crippen molar-refractivity contribution in [3.05, 3.63) is 35.9 Å². The van der Waals surface area contributed by atoms with Crippen LogP contribution in [-0.2, 0) is 16.0 Å². The number of carbonyl (C=O) groups is 2. The highest BCUT2D eigenvalue weighted by molar-refractivity contribution is 5.81. The Morgan fingerprint density at radius 2 is 1.61 bits per heavy atom. The number of carboxylic acids is 1. The van der Waals surface area contributed by atoms with Crippen molar-refractivity contribution >= 4 is 11.9 Å². The van der Waals surface area contributed by atoms with Gasteiger partial charge in [0.25, 0.3) is 0 Å². The molecule has 23 heavy (non-hydrogen) atoms. The summed E-state index contributed by atoms with van der Waals surface area (Å²) in [4.78, 5) is 23.4. The van der Waals surface area contributed by atoms with Gasteiger partial charge in [-0.15, -0.1) is 0 Å². The van der Waals surface area contributed by atoms with Crippen LogP contribution in [0.2, 0.25) is 0 Å². The Morgan fingerprint density at radius 1 is 1.00 bits per heavy atom. The van der Waals surface area contributed by atoms with E-state index in [2.05, 4.69) is 17.4 Å². The predicted octanol–water partition coefficient (Wildman–Crippen LogP) is 3.65. The summed E-state index contributed by atoms with van der Waals surface area (Å²) in [6.45, 7) is 7.62. The first-order valence-corrected chi connectivity index (χ1v) is 8.21. The number of hydrogen-bond donors (Lipinski definition) is 2. The summed E-state index contributed by atoms with van der Waals surface area (Å²) in [6.07, 6.45) is 3.14. The van der Waals surface area contributed by atoms with Gasteiger partial charge in [-0.25, -0.2) is 0 Å². The van der Waals surface area contributed by atoms with Gasteiger partial charge in [0, 0.05) is 12.0 Å². The average molecular weight is 319 g/mol. The summed E-state index contributed by atoms with van der Waals surface area (Å²) in [5, 5.41) is 12.0. The smallest absolute Gasteiger partial charge is 0.309 e. The van der Waals surface area contributed by atoms with Gasteiger partial charge in [0.2, 0.25) is 5.91 Å². The molecule has 0 heterocycles. The summed E-state index contributed by atoms with van der Waals surface area (Å²) in [5.74, 6) is -0.847. The van der Waals surface area contributed by atoms with E-state index in [1.807, 2.05) is 32.0 Å². The highest BCUT2D eigenvalue weighted by Crippen LogP contribution is 2.24. The molecule has 128 valence electrons. The maximum absolute atomic E-state index is 12.3. The quantitative estimate of drug-likeness (QED) is 0.730. The molecule has 1 rings (SSSR count). The molecule has 0 aliphatic heterocycles. The number of aryl methyl sites for hydroxylation is 1. The number of nitrogens with one attached hydrogen (secondary N) is 1. The van der Waals surface area contributed by atoms with Crippen LogP contribution in [0, 0.1) is 10.8 Å². The normalized spacial score (nSPS) is 12.0. The van der Waals surface area contributed by atoms with Gasteiger partial charge in [-0.1, -0.05) is 44.2 Å². The van der Waals surface area contributed by atoms with Crippen molar-refractivity contribution in [1.29, 1.82) is 0 Å². The number of carboxylic acid groups (broad SMARTS) is 1. The minimum Gasteiger partial charge on any atom is -0.481 e. The zero-order valence-corrected chi connectivity index (χ0v) is 14.7. The minimum absolute atomic E-state index is 0.00764. The summed E-state index contributed by atoms with van der Waals surface area (Å²) in [5.41, 5.74) is 0.0271. The van der Waals surface area contributed by atoms with Crippen molar-refractivity contribution in [2.45, 2.75) is 53.4 Å². The van der Waals surface area contributed by atoms with Gasteiger partial charge in [-0.05, 0) is 45.1 Å². The van der Waals surface area contributed by atoms with Crippen LogP contribution < -0.4 is 5.32 Å². The molecular formula is C19H29NO3. The van der Waals surface area contributed by atoms with Crippen molar-refractivity contribution in [2.75, 3.05) is 6.54 Å². The Balaban J connectivity index is 2.37. The molecule has 0 atom stereocenters. The lowest BCUT2D eigenvalue weighted by atomic mass is 9.85. The number of rotatable bonds is 9. The molecule has 2 N–H and O–H groups in total. The first kappa shape index (κ1) is 19.2. The Bertz CT molecular complexity index is 521. The summed E-state index contributed by atoms with van der Waals surface area (Å²) < 4.78 is 0. The maximum Gasteiger partial charge on any atom is 0.309 e. The van der Waals surface area contributed by atoms with Crippen LogP contribution in [0.1, 0.15) is 52.5 Å². The monoisotopic (exact) mass is 319 g/mol. The lowest BCUT2D eigenvalue weighted by Gasteiger charge is -2.25. The maximum atomic E-state index is 12.3. The molecule has 0 aliphatic rings. The third-order valence-electron chi connectivity index (χ3n) is 4.34. The molecule has 0 saturated heterocycles. The molecule has 1 amide bonds. The molecule has 0 unspecified atom stereocenters. The van der Waals surface area contributed by atoms with Gasteiger partial charge in [-0.3, -0.25) is 9.59 Å². The molecule has 0 bridgehead atoms. The van der Waals surface area contributed by atoms with Gasteiger partial charge in [0.05, 0.1) is 5.41 Å². The van der Waals surface area contributed by atoms with Gasteiger partial charge >= 0.3 is 5.97 Å². The molecule has 0 saturated carbocycles. The summed E-state index contributed by atoms with van der Waals surface area (Å²) >= 11 is 0. The first-order valence-electron chi connectivity index (χ1n) is 8.21. The predicted molar refractivity (Wildman–Crippen MR) is 92.2 cm³/mol. The molecule has 0 aromatic heterocycles. The van der Waals surface area contributed by atoms with E-state index in [0.717, 1.165) is 19.3 Å². The third kappa shape index (κ3) is 6.43. The van der Waals surface area contributed by atoms with Gasteiger partial charge in [-0.2, -0.15) is 0 Å². The highest BCUT2D eigenvalue weighted by atomic mass is 16.4. The molecule has 1 aromatic rings. The molecule has 1 aromatic carbocycles. The van der Waals surface area contributed by atoms with Crippen LogP contribution in [0.25, 0.3) is 0 Å². The van der Waals surface area contributed by atoms with Crippen LogP contribution in [0.15, 0.2) is 30.3 Å². The number of aliphatic carboxylic acids is 1. The topological polar surface area (TPSA) is 66.4 Å². The van der Waals surface area contributed by atoms with Crippen LogP contribution in [0.4, 0.5) is 0 Å². The summed E-state index contributed by atoms with van der Waals surface area (Å²) in [7, 11) is 0. The molecule has 4 nitrogen and oxygen atoms in total. The average Bonchev–Trinajstić information content (AvgIpc) is 2.47. The second-order valence-corrected chi connectivity index (χ2v) is 7.42. The molecular weight excluding hydrogens is 290 g/mol. The number of benzene rings is 1. The van der Waals surface area contributed by atoms with Gasteiger partial charge < -0.3 is 10.4 Å². The van der Waals surface area contributed by atoms with Crippen LogP contribution in [-0.4, -0.2) is 23.5 Å². The Hall–Kier alpha value is -1.84. The van der Waals surface area contributed by atoms with E-state index >= 15 is 0 Å². The SMILES string of the molecule is CC(C)(CCNC(=O)C(C)(C)CCCc1ccccc1)C(=O)O. The molecule has 0 fully saturated rings. The molecule has 0 spiro atoms. The zero-order valence-electron chi connectivity index (χ0n) is 14.7. The van der Waals surface area contributed by atoms with E-state index < -0.39 is 16.8 Å². The fourth-order valence-electron chi connectivity index (χ4n) is 2.33. The fraction of sp³-hybridized carbons (Fsp3) is 0.579. The van der Waals surface area contributed by atoms with Gasteiger partial charge in [0.1, 0.15) is 0 Å². The molecule has 0 aliphatic carbocycles. The fourth-order valence-corrected chi connectivity index (χ4v) is 2.33. The van der Waals surface area contributed by atoms with Crippen molar-refractivity contribution in [2.24, 2.45) is 10.8 Å². The molecule has 4 heteroatoms. The lowest BCUT2D eigenvalue weighted by molar-refractivity contribution is -0.147. The second kappa shape index (κ2) is 8.14. The van der Waals surface area contributed by atoms with Crippen LogP contribution in [0.3, 0.4) is 0 Å². The standard InChI is InChI=1S/C19H29NO3/c1-18(2,12-8-11-15-9-6-5-7-10-15)16(21)20-14-13-19(3,4)17(22)23/h5-7,9-10H,8,11-14H2,1-4H3,(H,20,21)(H,22,23). The highest BCUT2D eigenvalue weighted by Gasteiger charge is 2.29. The zero-order chi connectivity index (χ0) is 17.5. The van der Waals surface area contributed by atoms with Crippen LogP contribution in [0.5, 0.6) is 0 Å². The van der Waals surface area contributed by atoms with E-state index in [0.29, 0.717) is 13.0 Å². The minimum atomic E-state index is -0.839. The Kier molecular flexibility index (Phi) is 6.79. The van der Waals surface area contributed by atoms with Crippen molar-refractivity contribution in [1.82, 2.24) is 5.32 Å². The van der Waals surface area contributed by atoms with Crippen LogP contribution >= 0.6 is 0 Å². The second-order valence-electron chi connectivity index (χ2n) is 7.42. The van der Waals surface area contributed by atoms with E-state index in [4.69, 9.17) is 5.11 Å². The van der Waals surface area contributed by atoms with E-state index in [1.165, 1.54) is 5.56 Å². The Labute approximate surface area is 139 Å². The number of amides is 1. The number of carbonyl (C=O) groups excluding carboxylic acids is 1. The van der Waals surface area contributed by atoms with Gasteiger partial charge in [0.15, 0.2) is 0 Å². The van der Waals surface area contributed by atoms with E-state index in [-0.39, 0.29) is 5.91 Å². The Morgan fingerprint density at radius 3 is 2.17 bits per heavy atom. The first-order chi connectivity index (χ1) is 10.6. The van der Waals surface area contributed by atoms with Crippen molar-refractivity contribution < 1.29 is 14.7 Å². The summed E-state index contributed by atoms with van der Waals surface area (Å²) in [6, 6.07) is 10.2. The van der Waals surface area contributed by atoms with Crippen molar-refractivity contribution in [3.63, 3.8) is 0 Å². The molecule has 0 radical (unpaired) electrons. The van der Waals surface area contributed by atoms with E-state index in [1.54, 1.807) is 13.8 Å².